The van der Waals surface area contributed by atoms with Crippen LogP contribution >= 0.6 is 21.6 Å². The molecular weight excluding hydrogens is 815 g/mol. The Labute approximate surface area is 373 Å². The lowest BCUT2D eigenvalue weighted by Gasteiger charge is -2.32. The third kappa shape index (κ3) is 10.2. The number of aromatic nitrogens is 1. The van der Waals surface area contributed by atoms with E-state index in [0.717, 1.165) is 58.5 Å². The molecule has 3 aliphatic carbocycles. The van der Waals surface area contributed by atoms with Crippen LogP contribution in [0.2, 0.25) is 0 Å². The number of ketones is 2. The highest BCUT2D eigenvalue weighted by Crippen LogP contribution is 2.52. The number of phenols is 2. The highest BCUT2D eigenvalue weighted by molar-refractivity contribution is 8.76. The molecule has 8 N–H and O–H groups in total. The van der Waals surface area contributed by atoms with E-state index in [-0.39, 0.29) is 47.4 Å². The van der Waals surface area contributed by atoms with Crippen LogP contribution in [0.1, 0.15) is 138 Å². The molecule has 0 amide bonds. The maximum absolute atomic E-state index is 14.2. The smallest absolute Gasteiger partial charge is 0.165 e. The zero-order valence-electron chi connectivity index (χ0n) is 35.6. The number of nitrogens with two attached hydrogens (primary N) is 2. The fourth-order valence-corrected chi connectivity index (χ4v) is 12.7. The van der Waals surface area contributed by atoms with Gasteiger partial charge in [-0.2, -0.15) is 0 Å². The molecule has 62 heavy (non-hydrogen) atoms. The highest BCUT2D eigenvalue weighted by Gasteiger charge is 2.44. The third-order valence-electron chi connectivity index (χ3n) is 13.9. The van der Waals surface area contributed by atoms with Gasteiger partial charge in [0, 0.05) is 65.3 Å². The number of rotatable bonds is 4. The van der Waals surface area contributed by atoms with Crippen LogP contribution in [-0.2, 0) is 29.8 Å². The number of aliphatic hydroxyl groups excluding tert-OH is 1. The molecule has 1 aromatic heterocycles. The van der Waals surface area contributed by atoms with E-state index in [4.69, 9.17) is 16.2 Å². The lowest BCUT2D eigenvalue weighted by molar-refractivity contribution is -0.114. The second kappa shape index (κ2) is 19.1. The molecule has 8 rings (SSSR count). The van der Waals surface area contributed by atoms with E-state index in [1.807, 2.05) is 24.3 Å². The van der Waals surface area contributed by atoms with Crippen LogP contribution in [0.5, 0.6) is 17.2 Å². The standard InChI is InChI=1S/C51H59N3O6S2/c1-50(16-2-3-17-50)19-20-51-18-13-37(55)10-7-32-9-12-45(57)48(24-32)60-22-15-33-8-11-44(56)42(23-33)41-27-46(58)38-14-21-54-43(38)6-4-5-34-25-40(49(52)53)35(26-39(34)41)30-61-62-31-36(28-51)47(59)29-51/h8-9,11-14,18,21,23-26,36,41,47,49,54,56-57,59H,2-3,6-7,10,15-17,19-20,22,27-31,52-53H2,1H3. The summed E-state index contributed by atoms with van der Waals surface area (Å²) in [5.41, 5.74) is 19.9. The lowest BCUT2D eigenvalue weighted by Crippen LogP contribution is -2.22. The van der Waals surface area contributed by atoms with Gasteiger partial charge >= 0.3 is 0 Å². The van der Waals surface area contributed by atoms with Gasteiger partial charge in [0.05, 0.1) is 25.3 Å². The number of benzene rings is 3. The number of aromatic amines is 1. The monoisotopic (exact) mass is 873 g/mol. The molecule has 4 aromatic rings. The van der Waals surface area contributed by atoms with E-state index in [0.29, 0.717) is 65.7 Å². The Balaban J connectivity index is 1.15. The fourth-order valence-electron chi connectivity index (χ4n) is 10.2. The Morgan fingerprint density at radius 2 is 1.71 bits per heavy atom. The first kappa shape index (κ1) is 44.2. The SMILES string of the molecule is CC1(CCC23C=CC(=O)CCc4ccc(O)c(c4)OCCc4ccc(O)c(c4)C4CC(=O)c5cc[nH]c5CC#Cc5cc(C(N)N)c(cc54)CSSCC(C2)C(O)C3)CCCC1. The number of hydrogen-bond donors (Lipinski definition) is 6. The van der Waals surface area contributed by atoms with Crippen molar-refractivity contribution in [2.45, 2.75) is 114 Å². The molecule has 0 saturated heterocycles. The first-order valence-electron chi connectivity index (χ1n) is 22.1. The molecular formula is C51H59N3O6S2. The van der Waals surface area contributed by atoms with Crippen molar-refractivity contribution in [3.05, 3.63) is 123 Å². The maximum atomic E-state index is 14.2. The summed E-state index contributed by atoms with van der Waals surface area (Å²) in [5.74, 6) is 7.91. The van der Waals surface area contributed by atoms with Crippen LogP contribution in [0.4, 0.5) is 0 Å². The Morgan fingerprint density at radius 1 is 0.919 bits per heavy atom. The summed E-state index contributed by atoms with van der Waals surface area (Å²) in [4.78, 5) is 30.8. The fraction of sp³-hybridized carbons (Fsp3) is 0.451. The molecule has 4 aliphatic rings. The van der Waals surface area contributed by atoms with E-state index in [1.165, 1.54) is 25.7 Å². The molecule has 1 aliphatic heterocycles. The van der Waals surface area contributed by atoms with Gasteiger partial charge < -0.3 is 36.5 Å². The molecule has 0 spiro atoms. The minimum Gasteiger partial charge on any atom is -0.508 e. The predicted octanol–water partition coefficient (Wildman–Crippen LogP) is 9.35. The van der Waals surface area contributed by atoms with Gasteiger partial charge in [-0.05, 0) is 126 Å². The molecule has 2 heterocycles. The summed E-state index contributed by atoms with van der Waals surface area (Å²) in [6.07, 6.45) is 14.6. The van der Waals surface area contributed by atoms with E-state index in [1.54, 1.807) is 58.1 Å². The maximum Gasteiger partial charge on any atom is 0.165 e. The number of nitrogens with one attached hydrogen (secondary N) is 1. The summed E-state index contributed by atoms with van der Waals surface area (Å²) < 4.78 is 6.14. The molecule has 8 bridgehead atoms. The Bertz CT molecular complexity index is 2390. The van der Waals surface area contributed by atoms with Crippen LogP contribution < -0.4 is 16.2 Å². The van der Waals surface area contributed by atoms with Crippen LogP contribution in [0.3, 0.4) is 0 Å². The zero-order valence-corrected chi connectivity index (χ0v) is 37.2. The van der Waals surface area contributed by atoms with Crippen LogP contribution in [-0.4, -0.2) is 50.3 Å². The Morgan fingerprint density at radius 3 is 2.52 bits per heavy atom. The Kier molecular flexibility index (Phi) is 13.6. The van der Waals surface area contributed by atoms with E-state index in [9.17, 15) is 24.9 Å². The molecule has 4 atom stereocenters. The number of aliphatic hydroxyl groups is 1. The highest BCUT2D eigenvalue weighted by atomic mass is 33.1. The molecule has 4 unspecified atom stereocenters. The van der Waals surface area contributed by atoms with Gasteiger partial charge in [0.2, 0.25) is 0 Å². The van der Waals surface area contributed by atoms with E-state index < -0.39 is 18.2 Å². The van der Waals surface area contributed by atoms with Crippen LogP contribution in [0.25, 0.3) is 0 Å². The van der Waals surface area contributed by atoms with Gasteiger partial charge in [-0.3, -0.25) is 9.59 Å². The number of carbonyl (C=O) groups excluding carboxylic acids is 2. The quantitative estimate of drug-likeness (QED) is 0.0660. The second-order valence-corrected chi connectivity index (χ2v) is 21.0. The number of fused-ring (bicyclic) bond motifs is 9. The minimum atomic E-state index is -0.769. The molecule has 3 aromatic carbocycles. The van der Waals surface area contributed by atoms with Gasteiger partial charge in [0.1, 0.15) is 5.75 Å². The Hall–Kier alpha value is -4.44. The van der Waals surface area contributed by atoms with Crippen LogP contribution in [0, 0.1) is 28.6 Å². The number of hydrogen-bond acceptors (Lipinski definition) is 10. The van der Waals surface area contributed by atoms with Crippen molar-refractivity contribution in [2.24, 2.45) is 28.2 Å². The predicted molar refractivity (Wildman–Crippen MR) is 248 cm³/mol. The van der Waals surface area contributed by atoms with Crippen molar-refractivity contribution < 1.29 is 29.6 Å². The number of H-pyrrole nitrogens is 1. The largest absolute Gasteiger partial charge is 0.508 e. The van der Waals surface area contributed by atoms with E-state index >= 15 is 0 Å². The summed E-state index contributed by atoms with van der Waals surface area (Å²) in [6, 6.07) is 16.5. The summed E-state index contributed by atoms with van der Waals surface area (Å²) in [5, 5.41) is 33.9. The van der Waals surface area contributed by atoms with Gasteiger partial charge in [-0.25, -0.2) is 0 Å². The van der Waals surface area contributed by atoms with Crippen molar-refractivity contribution in [3.63, 3.8) is 0 Å². The van der Waals surface area contributed by atoms with E-state index in [2.05, 4.69) is 35.9 Å². The molecule has 9 nitrogen and oxygen atoms in total. The lowest BCUT2D eigenvalue weighted by atomic mass is 9.73. The molecule has 11 heteroatoms. The minimum absolute atomic E-state index is 0.0153. The number of aryl methyl sites for hydroxylation is 1. The molecule has 326 valence electrons. The molecule has 2 saturated carbocycles. The zero-order chi connectivity index (χ0) is 43.4. The summed E-state index contributed by atoms with van der Waals surface area (Å²) in [6.45, 7) is 2.64. The number of aromatic hydroxyl groups is 2. The second-order valence-electron chi connectivity index (χ2n) is 18.4. The molecule has 2 fully saturated rings. The topological polar surface area (TPSA) is 172 Å². The molecule has 0 radical (unpaired) electrons. The first-order chi connectivity index (χ1) is 29.9. The van der Waals surface area contributed by atoms with Gasteiger partial charge in [-0.15, -0.1) is 0 Å². The first-order valence-corrected chi connectivity index (χ1v) is 24.6. The third-order valence-corrected chi connectivity index (χ3v) is 16.3. The number of phenolic OH excluding ortho intramolecular Hbond substituents is 2. The summed E-state index contributed by atoms with van der Waals surface area (Å²) in [7, 11) is 3.42. The van der Waals surface area contributed by atoms with Gasteiger partial charge in [0.15, 0.2) is 23.1 Å². The number of allylic oxidation sites excluding steroid dienone is 2. The average Bonchev–Trinajstić information content (AvgIpc) is 3.99. The van der Waals surface area contributed by atoms with Gasteiger partial charge in [-0.1, -0.05) is 83.5 Å². The van der Waals surface area contributed by atoms with Crippen molar-refractivity contribution in [3.8, 4) is 29.1 Å². The average molecular weight is 874 g/mol. The number of Topliss-reactive ketones (excluding diaryl/α,β-unsaturated/α-hetero) is 1. The number of carbonyl (C=O) groups is 2. The van der Waals surface area contributed by atoms with Crippen molar-refractivity contribution in [2.75, 3.05) is 12.4 Å². The van der Waals surface area contributed by atoms with Crippen LogP contribution in [0.15, 0.2) is 72.9 Å². The summed E-state index contributed by atoms with van der Waals surface area (Å²) >= 11 is 0. The normalized spacial score (nSPS) is 24.3. The van der Waals surface area contributed by atoms with Crippen molar-refractivity contribution >= 4 is 33.2 Å². The number of ether oxygens (including phenoxy) is 1. The van der Waals surface area contributed by atoms with Crippen molar-refractivity contribution in [1.29, 1.82) is 0 Å². The van der Waals surface area contributed by atoms with Crippen molar-refractivity contribution in [1.82, 2.24) is 4.98 Å². The van der Waals surface area contributed by atoms with Gasteiger partial charge in [0.25, 0.3) is 0 Å².